The Morgan fingerprint density at radius 2 is 1.89 bits per heavy atom. The Hall–Kier alpha value is -1.76. The second kappa shape index (κ2) is 5.72. The van der Waals surface area contributed by atoms with E-state index in [1.165, 1.54) is 24.3 Å². The van der Waals surface area contributed by atoms with Crippen molar-refractivity contribution >= 4 is 16.1 Å². The molecule has 6 nitrogen and oxygen atoms in total. The molecule has 0 aromatic heterocycles. The lowest BCUT2D eigenvalue weighted by Gasteiger charge is -2.09. The first kappa shape index (κ1) is 14.3. The molecule has 0 saturated heterocycles. The molecule has 7 heteroatoms. The number of urea groups is 1. The Labute approximate surface area is 106 Å². The topological polar surface area (TPSA) is 98.5 Å². The van der Waals surface area contributed by atoms with Crippen molar-refractivity contribution in [2.45, 2.75) is 18.7 Å². The minimum Gasteiger partial charge on any atom is -0.493 e. The van der Waals surface area contributed by atoms with Gasteiger partial charge in [-0.3, -0.25) is 0 Å². The number of amides is 2. The van der Waals surface area contributed by atoms with Gasteiger partial charge in [-0.1, -0.05) is 13.8 Å². The maximum Gasteiger partial charge on any atom is 0.326 e. The molecule has 0 unspecified atom stereocenters. The summed E-state index contributed by atoms with van der Waals surface area (Å²) in [4.78, 5) is 10.5. The van der Waals surface area contributed by atoms with Crippen LogP contribution in [0, 0.1) is 5.92 Å². The molecule has 0 aliphatic carbocycles. The van der Waals surface area contributed by atoms with E-state index in [1.807, 2.05) is 13.8 Å². The lowest BCUT2D eigenvalue weighted by Crippen LogP contribution is -2.34. The number of sulfonamides is 1. The molecular formula is C11H16N2O4S. The highest BCUT2D eigenvalue weighted by Gasteiger charge is 2.15. The number of nitrogens with two attached hydrogens (primary N) is 1. The molecule has 0 heterocycles. The van der Waals surface area contributed by atoms with Crippen LogP contribution < -0.4 is 15.2 Å². The molecule has 0 radical (unpaired) electrons. The zero-order valence-electron chi connectivity index (χ0n) is 10.2. The van der Waals surface area contributed by atoms with E-state index in [1.54, 1.807) is 4.72 Å². The molecule has 0 fully saturated rings. The monoisotopic (exact) mass is 272 g/mol. The number of rotatable bonds is 5. The van der Waals surface area contributed by atoms with Crippen molar-refractivity contribution in [3.05, 3.63) is 24.3 Å². The summed E-state index contributed by atoms with van der Waals surface area (Å²) in [6.07, 6.45) is 0. The standard InChI is InChI=1S/C11H16N2O4S/c1-8(2)7-17-9-3-5-10(6-4-9)18(15,16)13-11(12)14/h3-6,8H,7H2,1-2H3,(H3,12,13,14). The third-order valence-corrected chi connectivity index (χ3v) is 3.32. The van der Waals surface area contributed by atoms with Gasteiger partial charge in [0.05, 0.1) is 11.5 Å². The summed E-state index contributed by atoms with van der Waals surface area (Å²) in [7, 11) is -3.89. The van der Waals surface area contributed by atoms with Crippen LogP contribution in [0.25, 0.3) is 0 Å². The van der Waals surface area contributed by atoms with Crippen molar-refractivity contribution < 1.29 is 17.9 Å². The van der Waals surface area contributed by atoms with Gasteiger partial charge in [0.2, 0.25) is 0 Å². The van der Waals surface area contributed by atoms with E-state index in [4.69, 9.17) is 10.5 Å². The molecule has 0 spiro atoms. The fourth-order valence-corrected chi connectivity index (χ4v) is 2.05. The van der Waals surface area contributed by atoms with E-state index in [-0.39, 0.29) is 4.90 Å². The summed E-state index contributed by atoms with van der Waals surface area (Å²) in [5.74, 6) is 0.951. The van der Waals surface area contributed by atoms with Crippen LogP contribution in [0.2, 0.25) is 0 Å². The van der Waals surface area contributed by atoms with E-state index in [2.05, 4.69) is 0 Å². The van der Waals surface area contributed by atoms with Gasteiger partial charge >= 0.3 is 6.03 Å². The van der Waals surface area contributed by atoms with Crippen LogP contribution >= 0.6 is 0 Å². The number of carbonyl (C=O) groups is 1. The maximum atomic E-state index is 11.6. The van der Waals surface area contributed by atoms with Gasteiger partial charge in [0.1, 0.15) is 5.75 Å². The summed E-state index contributed by atoms with van der Waals surface area (Å²) in [6, 6.07) is 4.63. The largest absolute Gasteiger partial charge is 0.493 e. The van der Waals surface area contributed by atoms with Crippen LogP contribution in [0.5, 0.6) is 5.75 Å². The molecule has 1 rings (SSSR count). The number of ether oxygens (including phenoxy) is 1. The highest BCUT2D eigenvalue weighted by molar-refractivity contribution is 7.90. The summed E-state index contributed by atoms with van der Waals surface area (Å²) >= 11 is 0. The van der Waals surface area contributed by atoms with Crippen LogP contribution in [0.15, 0.2) is 29.2 Å². The van der Waals surface area contributed by atoms with Crippen LogP contribution in [0.4, 0.5) is 4.79 Å². The first-order chi connectivity index (χ1) is 8.31. The molecular weight excluding hydrogens is 256 g/mol. The Balaban J connectivity index is 2.79. The Kier molecular flexibility index (Phi) is 4.55. The number of carbonyl (C=O) groups excluding carboxylic acids is 1. The van der Waals surface area contributed by atoms with E-state index in [9.17, 15) is 13.2 Å². The maximum absolute atomic E-state index is 11.6. The van der Waals surface area contributed by atoms with Gasteiger partial charge in [-0.2, -0.15) is 0 Å². The van der Waals surface area contributed by atoms with Crippen molar-refractivity contribution in [3.63, 3.8) is 0 Å². The van der Waals surface area contributed by atoms with Gasteiger partial charge in [0.15, 0.2) is 0 Å². The van der Waals surface area contributed by atoms with Gasteiger partial charge in [0, 0.05) is 0 Å². The van der Waals surface area contributed by atoms with Crippen LogP contribution in [-0.2, 0) is 10.0 Å². The molecule has 0 aliphatic rings. The van der Waals surface area contributed by atoms with Crippen molar-refractivity contribution in [3.8, 4) is 5.75 Å². The minimum atomic E-state index is -3.89. The second-order valence-corrected chi connectivity index (χ2v) is 5.83. The quantitative estimate of drug-likeness (QED) is 0.837. The first-order valence-corrected chi connectivity index (χ1v) is 6.84. The van der Waals surface area contributed by atoms with Gasteiger partial charge in [-0.15, -0.1) is 0 Å². The van der Waals surface area contributed by atoms with E-state index >= 15 is 0 Å². The Morgan fingerprint density at radius 3 is 2.33 bits per heavy atom. The number of hydrogen-bond acceptors (Lipinski definition) is 4. The van der Waals surface area contributed by atoms with Crippen molar-refractivity contribution in [2.24, 2.45) is 11.7 Å². The SMILES string of the molecule is CC(C)COc1ccc(S(=O)(=O)NC(N)=O)cc1. The van der Waals surface area contributed by atoms with Crippen LogP contribution in [0.3, 0.4) is 0 Å². The summed E-state index contributed by atoms with van der Waals surface area (Å²) in [5.41, 5.74) is 4.77. The molecule has 0 saturated carbocycles. The number of nitrogens with one attached hydrogen (secondary N) is 1. The van der Waals surface area contributed by atoms with Crippen molar-refractivity contribution in [1.29, 1.82) is 0 Å². The lowest BCUT2D eigenvalue weighted by molar-refractivity contribution is 0.253. The molecule has 0 atom stereocenters. The molecule has 18 heavy (non-hydrogen) atoms. The summed E-state index contributed by atoms with van der Waals surface area (Å²) in [6.45, 7) is 4.57. The predicted molar refractivity (Wildman–Crippen MR) is 66.7 cm³/mol. The fraction of sp³-hybridized carbons (Fsp3) is 0.364. The van der Waals surface area contributed by atoms with Crippen LogP contribution in [-0.4, -0.2) is 21.1 Å². The van der Waals surface area contributed by atoms with Crippen molar-refractivity contribution in [2.75, 3.05) is 6.61 Å². The first-order valence-electron chi connectivity index (χ1n) is 5.36. The normalized spacial score (nSPS) is 11.3. The minimum absolute atomic E-state index is 0.0433. The van der Waals surface area contributed by atoms with E-state index in [0.29, 0.717) is 18.3 Å². The number of hydrogen-bond donors (Lipinski definition) is 2. The van der Waals surface area contributed by atoms with Gasteiger partial charge < -0.3 is 10.5 Å². The third-order valence-electron chi connectivity index (χ3n) is 1.95. The lowest BCUT2D eigenvalue weighted by atomic mass is 10.2. The fourth-order valence-electron chi connectivity index (χ4n) is 1.17. The molecule has 0 bridgehead atoms. The number of primary amides is 1. The summed E-state index contributed by atoms with van der Waals surface area (Å²) in [5, 5.41) is 0. The Bertz CT molecular complexity index is 508. The highest BCUT2D eigenvalue weighted by atomic mass is 32.2. The van der Waals surface area contributed by atoms with Crippen molar-refractivity contribution in [1.82, 2.24) is 4.72 Å². The smallest absolute Gasteiger partial charge is 0.326 e. The average molecular weight is 272 g/mol. The number of benzene rings is 1. The molecule has 100 valence electrons. The molecule has 1 aromatic rings. The molecule has 3 N–H and O–H groups in total. The van der Waals surface area contributed by atoms with E-state index in [0.717, 1.165) is 0 Å². The van der Waals surface area contributed by atoms with E-state index < -0.39 is 16.1 Å². The van der Waals surface area contributed by atoms with Gasteiger partial charge in [-0.25, -0.2) is 17.9 Å². The summed E-state index contributed by atoms with van der Waals surface area (Å²) < 4.78 is 30.2. The van der Waals surface area contributed by atoms with Gasteiger partial charge in [-0.05, 0) is 30.2 Å². The van der Waals surface area contributed by atoms with Crippen LogP contribution in [0.1, 0.15) is 13.8 Å². The molecule has 1 aromatic carbocycles. The predicted octanol–water partition coefficient (Wildman–Crippen LogP) is 1.08. The zero-order chi connectivity index (χ0) is 13.8. The second-order valence-electron chi connectivity index (χ2n) is 4.15. The van der Waals surface area contributed by atoms with Gasteiger partial charge in [0.25, 0.3) is 10.0 Å². The Morgan fingerprint density at radius 1 is 1.33 bits per heavy atom. The molecule has 2 amide bonds. The average Bonchev–Trinajstić information content (AvgIpc) is 2.25. The third kappa shape index (κ3) is 4.25. The zero-order valence-corrected chi connectivity index (χ0v) is 11.0. The highest BCUT2D eigenvalue weighted by Crippen LogP contribution is 2.16. The molecule has 0 aliphatic heterocycles.